The van der Waals surface area contributed by atoms with Crippen molar-refractivity contribution >= 4 is 5.91 Å². The van der Waals surface area contributed by atoms with Gasteiger partial charge in [-0.05, 0) is 48.6 Å². The van der Waals surface area contributed by atoms with E-state index in [1.165, 1.54) is 19.2 Å². The molecule has 0 aliphatic carbocycles. The SMILES string of the molecule is COc1cc(C(=O)N2CCC(C(O)c3ccc(F)cc3)CC2)cc2c1OCCO2. The fraction of sp³-hybridized carbons (Fsp3) is 0.409. The molecule has 2 heterocycles. The molecule has 0 spiro atoms. The molecule has 154 valence electrons. The molecule has 2 aliphatic rings. The van der Waals surface area contributed by atoms with E-state index in [1.54, 1.807) is 29.2 Å². The predicted octanol–water partition coefficient (Wildman–Crippen LogP) is 3.19. The summed E-state index contributed by atoms with van der Waals surface area (Å²) in [6.07, 6.45) is 0.681. The number of carbonyl (C=O) groups excluding carboxylic acids is 1. The maximum atomic E-state index is 13.1. The molecule has 2 aliphatic heterocycles. The molecule has 1 amide bonds. The van der Waals surface area contributed by atoms with Gasteiger partial charge in [0.15, 0.2) is 11.5 Å². The first kappa shape index (κ1) is 19.5. The van der Waals surface area contributed by atoms with Gasteiger partial charge in [0.2, 0.25) is 5.75 Å². The number of methoxy groups -OCH3 is 1. The molecule has 1 saturated heterocycles. The van der Waals surface area contributed by atoms with E-state index in [9.17, 15) is 14.3 Å². The number of hydrogen-bond acceptors (Lipinski definition) is 5. The number of rotatable bonds is 4. The number of aliphatic hydroxyl groups excluding tert-OH is 1. The van der Waals surface area contributed by atoms with Crippen molar-refractivity contribution < 1.29 is 28.5 Å². The molecule has 0 radical (unpaired) electrons. The van der Waals surface area contributed by atoms with Gasteiger partial charge in [-0.2, -0.15) is 0 Å². The zero-order valence-electron chi connectivity index (χ0n) is 16.3. The van der Waals surface area contributed by atoms with Crippen LogP contribution in [0.1, 0.15) is 34.9 Å². The van der Waals surface area contributed by atoms with Crippen LogP contribution in [0.3, 0.4) is 0 Å². The second-order valence-electron chi connectivity index (χ2n) is 7.33. The highest BCUT2D eigenvalue weighted by Gasteiger charge is 2.30. The highest BCUT2D eigenvalue weighted by molar-refractivity contribution is 5.95. The van der Waals surface area contributed by atoms with Gasteiger partial charge in [-0.1, -0.05) is 12.1 Å². The third-order valence-corrected chi connectivity index (χ3v) is 5.56. The van der Waals surface area contributed by atoms with Crippen LogP contribution in [-0.4, -0.2) is 49.3 Å². The molecule has 1 N–H and O–H groups in total. The Bertz CT molecular complexity index is 860. The van der Waals surface area contributed by atoms with Crippen LogP contribution in [0, 0.1) is 11.7 Å². The third-order valence-electron chi connectivity index (χ3n) is 5.56. The summed E-state index contributed by atoms with van der Waals surface area (Å²) < 4.78 is 29.7. The number of likely N-dealkylation sites (tertiary alicyclic amines) is 1. The predicted molar refractivity (Wildman–Crippen MR) is 104 cm³/mol. The van der Waals surface area contributed by atoms with Gasteiger partial charge in [0.05, 0.1) is 13.2 Å². The van der Waals surface area contributed by atoms with Gasteiger partial charge in [0.25, 0.3) is 5.91 Å². The van der Waals surface area contributed by atoms with E-state index in [0.717, 1.165) is 0 Å². The molecule has 0 saturated carbocycles. The number of amides is 1. The van der Waals surface area contributed by atoms with E-state index in [0.29, 0.717) is 67.5 Å². The van der Waals surface area contributed by atoms with E-state index in [-0.39, 0.29) is 17.6 Å². The molecule has 2 aromatic carbocycles. The summed E-state index contributed by atoms with van der Waals surface area (Å²) in [4.78, 5) is 14.8. The quantitative estimate of drug-likeness (QED) is 0.852. The topological polar surface area (TPSA) is 68.2 Å². The number of fused-ring (bicyclic) bond motifs is 1. The number of halogens is 1. The number of aliphatic hydroxyl groups is 1. The van der Waals surface area contributed by atoms with E-state index < -0.39 is 6.10 Å². The van der Waals surface area contributed by atoms with Gasteiger partial charge < -0.3 is 24.2 Å². The monoisotopic (exact) mass is 401 g/mol. The second-order valence-corrected chi connectivity index (χ2v) is 7.33. The van der Waals surface area contributed by atoms with Crippen molar-refractivity contribution in [3.63, 3.8) is 0 Å². The van der Waals surface area contributed by atoms with E-state index >= 15 is 0 Å². The number of hydrogen-bond donors (Lipinski definition) is 1. The number of ether oxygens (including phenoxy) is 3. The summed E-state index contributed by atoms with van der Waals surface area (Å²) in [6.45, 7) is 1.96. The van der Waals surface area contributed by atoms with Gasteiger partial charge in [0.1, 0.15) is 19.0 Å². The van der Waals surface area contributed by atoms with Crippen molar-refractivity contribution in [2.75, 3.05) is 33.4 Å². The Labute approximate surface area is 168 Å². The maximum absolute atomic E-state index is 13.1. The van der Waals surface area contributed by atoms with Crippen LogP contribution >= 0.6 is 0 Å². The fourth-order valence-corrected chi connectivity index (χ4v) is 3.93. The molecule has 7 heteroatoms. The van der Waals surface area contributed by atoms with Crippen molar-refractivity contribution in [3.05, 3.63) is 53.3 Å². The Balaban J connectivity index is 1.43. The summed E-state index contributed by atoms with van der Waals surface area (Å²) >= 11 is 0. The molecule has 0 bridgehead atoms. The van der Waals surface area contributed by atoms with Crippen molar-refractivity contribution in [2.24, 2.45) is 5.92 Å². The number of benzene rings is 2. The van der Waals surface area contributed by atoms with Crippen LogP contribution in [-0.2, 0) is 0 Å². The molecule has 1 unspecified atom stereocenters. The lowest BCUT2D eigenvalue weighted by Gasteiger charge is -2.34. The fourth-order valence-electron chi connectivity index (χ4n) is 3.93. The molecular weight excluding hydrogens is 377 g/mol. The van der Waals surface area contributed by atoms with Gasteiger partial charge in [-0.15, -0.1) is 0 Å². The molecule has 1 fully saturated rings. The second kappa shape index (κ2) is 8.29. The largest absolute Gasteiger partial charge is 0.493 e. The van der Waals surface area contributed by atoms with Crippen LogP contribution < -0.4 is 14.2 Å². The number of piperidine rings is 1. The van der Waals surface area contributed by atoms with Gasteiger partial charge in [-0.3, -0.25) is 4.79 Å². The van der Waals surface area contributed by atoms with E-state index in [2.05, 4.69) is 0 Å². The highest BCUT2D eigenvalue weighted by atomic mass is 19.1. The van der Waals surface area contributed by atoms with E-state index in [1.807, 2.05) is 0 Å². The lowest BCUT2D eigenvalue weighted by molar-refractivity contribution is 0.0461. The third kappa shape index (κ3) is 4.00. The highest BCUT2D eigenvalue weighted by Crippen LogP contribution is 2.41. The summed E-state index contributed by atoms with van der Waals surface area (Å²) in [5.41, 5.74) is 1.19. The molecule has 29 heavy (non-hydrogen) atoms. The standard InChI is InChI=1S/C22H24FNO5/c1-27-18-12-16(13-19-21(18)29-11-10-28-19)22(26)24-8-6-15(7-9-24)20(25)14-2-4-17(23)5-3-14/h2-5,12-13,15,20,25H,6-11H2,1H3. The van der Waals surface area contributed by atoms with E-state index in [4.69, 9.17) is 14.2 Å². The van der Waals surface area contributed by atoms with Crippen LogP contribution in [0.2, 0.25) is 0 Å². The Kier molecular flexibility index (Phi) is 5.58. The first-order valence-electron chi connectivity index (χ1n) is 9.77. The Morgan fingerprint density at radius 2 is 1.86 bits per heavy atom. The number of nitrogens with zero attached hydrogens (tertiary/aromatic N) is 1. The Hall–Kier alpha value is -2.80. The zero-order chi connectivity index (χ0) is 20.4. The first-order chi connectivity index (χ1) is 14.1. The van der Waals surface area contributed by atoms with Crippen molar-refractivity contribution in [2.45, 2.75) is 18.9 Å². The zero-order valence-corrected chi connectivity index (χ0v) is 16.3. The minimum absolute atomic E-state index is 0.0271. The lowest BCUT2D eigenvalue weighted by atomic mass is 9.87. The van der Waals surface area contributed by atoms with Crippen molar-refractivity contribution in [3.8, 4) is 17.2 Å². The normalized spacial score (nSPS) is 17.7. The Morgan fingerprint density at radius 3 is 2.55 bits per heavy atom. The summed E-state index contributed by atoms with van der Waals surface area (Å²) in [5.74, 6) is 1.12. The average Bonchev–Trinajstić information content (AvgIpc) is 2.78. The summed E-state index contributed by atoms with van der Waals surface area (Å²) in [5, 5.41) is 10.6. The molecule has 6 nitrogen and oxygen atoms in total. The van der Waals surface area contributed by atoms with Crippen LogP contribution in [0.5, 0.6) is 17.2 Å². The van der Waals surface area contributed by atoms with Crippen molar-refractivity contribution in [1.82, 2.24) is 4.90 Å². The molecule has 0 aromatic heterocycles. The van der Waals surface area contributed by atoms with Crippen molar-refractivity contribution in [1.29, 1.82) is 0 Å². The molecular formula is C22H24FNO5. The minimum atomic E-state index is -0.665. The van der Waals surface area contributed by atoms with Crippen LogP contribution in [0.4, 0.5) is 4.39 Å². The van der Waals surface area contributed by atoms with Crippen LogP contribution in [0.25, 0.3) is 0 Å². The Morgan fingerprint density at radius 1 is 1.17 bits per heavy atom. The van der Waals surface area contributed by atoms with Gasteiger partial charge in [0, 0.05) is 18.7 Å². The van der Waals surface area contributed by atoms with Gasteiger partial charge >= 0.3 is 0 Å². The van der Waals surface area contributed by atoms with Gasteiger partial charge in [-0.25, -0.2) is 4.39 Å². The maximum Gasteiger partial charge on any atom is 0.254 e. The summed E-state index contributed by atoms with van der Waals surface area (Å²) in [7, 11) is 1.53. The molecule has 4 rings (SSSR count). The molecule has 1 atom stereocenters. The average molecular weight is 401 g/mol. The first-order valence-corrected chi connectivity index (χ1v) is 9.77. The molecule has 2 aromatic rings. The summed E-state index contributed by atoms with van der Waals surface area (Å²) in [6, 6.07) is 9.30. The lowest BCUT2D eigenvalue weighted by Crippen LogP contribution is -2.39. The smallest absolute Gasteiger partial charge is 0.254 e. The number of carbonyl (C=O) groups is 1. The minimum Gasteiger partial charge on any atom is -0.493 e. The van der Waals surface area contributed by atoms with Crippen LogP contribution in [0.15, 0.2) is 36.4 Å².